The van der Waals surface area contributed by atoms with Gasteiger partial charge in [0.05, 0.1) is 6.10 Å². The minimum Gasteiger partial charge on any atom is -0.387 e. The van der Waals surface area contributed by atoms with Crippen LogP contribution in [0.15, 0.2) is 24.3 Å². The summed E-state index contributed by atoms with van der Waals surface area (Å²) in [7, 11) is 2.12. The molecule has 2 heteroatoms. The van der Waals surface area contributed by atoms with Crippen LogP contribution in [-0.2, 0) is 6.42 Å². The monoisotopic (exact) mass is 219 g/mol. The number of fused-ring (bicyclic) bond motifs is 1. The molecule has 0 aliphatic heterocycles. The van der Waals surface area contributed by atoms with Crippen molar-refractivity contribution >= 4 is 0 Å². The molecule has 0 heterocycles. The third-order valence-electron chi connectivity index (χ3n) is 3.59. The first kappa shape index (κ1) is 11.6. The number of hydrogen-bond donors (Lipinski definition) is 1. The predicted octanol–water partition coefficient (Wildman–Crippen LogP) is 2.38. The number of rotatable bonds is 3. The summed E-state index contributed by atoms with van der Waals surface area (Å²) < 4.78 is 0. The Balaban J connectivity index is 2.17. The first-order valence-electron chi connectivity index (χ1n) is 6.20. The van der Waals surface area contributed by atoms with E-state index in [2.05, 4.69) is 37.1 Å². The Morgan fingerprint density at radius 2 is 2.12 bits per heavy atom. The summed E-state index contributed by atoms with van der Waals surface area (Å²) in [5.41, 5.74) is 2.44. The maximum atomic E-state index is 10.4. The average Bonchev–Trinajstić information content (AvgIpc) is 2.30. The summed E-state index contributed by atoms with van der Waals surface area (Å²) in [6.45, 7) is 3.24. The molecule has 1 aromatic carbocycles. The van der Waals surface area contributed by atoms with E-state index < -0.39 is 0 Å². The van der Waals surface area contributed by atoms with Crippen molar-refractivity contribution in [1.29, 1.82) is 0 Å². The lowest BCUT2D eigenvalue weighted by molar-refractivity contribution is 0.0501. The molecule has 2 unspecified atom stereocenters. The van der Waals surface area contributed by atoms with E-state index in [9.17, 15) is 5.11 Å². The van der Waals surface area contributed by atoms with Crippen molar-refractivity contribution in [1.82, 2.24) is 4.90 Å². The van der Waals surface area contributed by atoms with Gasteiger partial charge in [-0.3, -0.25) is 0 Å². The summed E-state index contributed by atoms with van der Waals surface area (Å²) >= 11 is 0. The van der Waals surface area contributed by atoms with Gasteiger partial charge < -0.3 is 10.0 Å². The SMILES string of the molecule is CCCN(C)C1CCc2ccccc2C1O. The molecular formula is C14H21NO. The minimum atomic E-state index is -0.318. The van der Waals surface area contributed by atoms with E-state index in [1.807, 2.05) is 6.07 Å². The lowest BCUT2D eigenvalue weighted by Crippen LogP contribution is -2.40. The van der Waals surface area contributed by atoms with Gasteiger partial charge >= 0.3 is 0 Å². The zero-order valence-corrected chi connectivity index (χ0v) is 10.2. The lowest BCUT2D eigenvalue weighted by Gasteiger charge is -2.36. The molecule has 0 saturated carbocycles. The number of aliphatic hydroxyl groups is 1. The Morgan fingerprint density at radius 3 is 2.88 bits per heavy atom. The number of aliphatic hydroxyl groups excluding tert-OH is 1. The number of likely N-dealkylation sites (N-methyl/N-ethyl adjacent to an activating group) is 1. The van der Waals surface area contributed by atoms with Gasteiger partial charge in [0.1, 0.15) is 0 Å². The molecule has 16 heavy (non-hydrogen) atoms. The largest absolute Gasteiger partial charge is 0.387 e. The summed E-state index contributed by atoms with van der Waals surface area (Å²) in [6, 6.07) is 8.56. The van der Waals surface area contributed by atoms with Crippen LogP contribution >= 0.6 is 0 Å². The first-order chi connectivity index (χ1) is 7.74. The van der Waals surface area contributed by atoms with Crippen LogP contribution in [0.4, 0.5) is 0 Å². The Morgan fingerprint density at radius 1 is 1.38 bits per heavy atom. The molecule has 0 bridgehead atoms. The number of nitrogens with zero attached hydrogens (tertiary/aromatic N) is 1. The summed E-state index contributed by atoms with van der Waals surface area (Å²) in [5.74, 6) is 0. The molecule has 0 aromatic heterocycles. The summed E-state index contributed by atoms with van der Waals surface area (Å²) in [4.78, 5) is 2.29. The normalized spacial score (nSPS) is 24.5. The smallest absolute Gasteiger partial charge is 0.0947 e. The second kappa shape index (κ2) is 4.98. The predicted molar refractivity (Wildman–Crippen MR) is 66.4 cm³/mol. The number of aryl methyl sites for hydroxylation is 1. The number of benzene rings is 1. The minimum absolute atomic E-state index is 0.287. The van der Waals surface area contributed by atoms with Crippen molar-refractivity contribution < 1.29 is 5.11 Å². The molecule has 0 saturated heterocycles. The maximum Gasteiger partial charge on any atom is 0.0947 e. The van der Waals surface area contributed by atoms with Gasteiger partial charge in [-0.05, 0) is 44.0 Å². The second-order valence-electron chi connectivity index (χ2n) is 4.73. The average molecular weight is 219 g/mol. The van der Waals surface area contributed by atoms with E-state index in [0.717, 1.165) is 31.4 Å². The van der Waals surface area contributed by atoms with E-state index in [1.54, 1.807) is 0 Å². The second-order valence-corrected chi connectivity index (χ2v) is 4.73. The molecule has 0 amide bonds. The molecule has 88 valence electrons. The highest BCUT2D eigenvalue weighted by molar-refractivity contribution is 5.32. The fraction of sp³-hybridized carbons (Fsp3) is 0.571. The fourth-order valence-corrected chi connectivity index (χ4v) is 2.70. The van der Waals surface area contributed by atoms with Crippen molar-refractivity contribution in [3.63, 3.8) is 0 Å². The summed E-state index contributed by atoms with van der Waals surface area (Å²) in [6.07, 6.45) is 2.98. The molecule has 0 fully saturated rings. The molecule has 0 spiro atoms. The van der Waals surface area contributed by atoms with Crippen LogP contribution in [0, 0.1) is 0 Å². The van der Waals surface area contributed by atoms with Gasteiger partial charge in [-0.15, -0.1) is 0 Å². The number of hydrogen-bond acceptors (Lipinski definition) is 2. The van der Waals surface area contributed by atoms with Crippen molar-refractivity contribution in [2.45, 2.75) is 38.3 Å². The van der Waals surface area contributed by atoms with E-state index in [0.29, 0.717) is 0 Å². The Kier molecular flexibility index (Phi) is 3.62. The molecule has 2 atom stereocenters. The van der Waals surface area contributed by atoms with Gasteiger partial charge in [-0.2, -0.15) is 0 Å². The molecule has 1 aliphatic rings. The third-order valence-corrected chi connectivity index (χ3v) is 3.59. The molecule has 1 N–H and O–H groups in total. The fourth-order valence-electron chi connectivity index (χ4n) is 2.70. The highest BCUT2D eigenvalue weighted by Crippen LogP contribution is 2.32. The Bertz CT molecular complexity index is 350. The van der Waals surface area contributed by atoms with Crippen LogP contribution in [0.1, 0.15) is 37.0 Å². The first-order valence-corrected chi connectivity index (χ1v) is 6.20. The van der Waals surface area contributed by atoms with Crippen molar-refractivity contribution in [3.05, 3.63) is 35.4 Å². The van der Waals surface area contributed by atoms with Crippen LogP contribution in [0.5, 0.6) is 0 Å². The van der Waals surface area contributed by atoms with Gasteiger partial charge in [0.25, 0.3) is 0 Å². The van der Waals surface area contributed by atoms with Crippen molar-refractivity contribution in [3.8, 4) is 0 Å². The van der Waals surface area contributed by atoms with E-state index >= 15 is 0 Å². The van der Waals surface area contributed by atoms with Gasteiger partial charge in [0.15, 0.2) is 0 Å². The zero-order valence-electron chi connectivity index (χ0n) is 10.2. The quantitative estimate of drug-likeness (QED) is 0.843. The molecule has 1 aromatic rings. The highest BCUT2D eigenvalue weighted by atomic mass is 16.3. The van der Waals surface area contributed by atoms with E-state index in [1.165, 1.54) is 5.56 Å². The molecule has 2 nitrogen and oxygen atoms in total. The van der Waals surface area contributed by atoms with Crippen LogP contribution in [0.3, 0.4) is 0 Å². The molecule has 0 radical (unpaired) electrons. The van der Waals surface area contributed by atoms with Crippen LogP contribution in [0.25, 0.3) is 0 Å². The van der Waals surface area contributed by atoms with Gasteiger partial charge in [0.2, 0.25) is 0 Å². The topological polar surface area (TPSA) is 23.5 Å². The Hall–Kier alpha value is -0.860. The van der Waals surface area contributed by atoms with E-state index in [4.69, 9.17) is 0 Å². The molecule has 1 aliphatic carbocycles. The standard InChI is InChI=1S/C14H21NO/c1-3-10-15(2)13-9-8-11-6-4-5-7-12(11)14(13)16/h4-7,13-14,16H,3,8-10H2,1-2H3. The maximum absolute atomic E-state index is 10.4. The van der Waals surface area contributed by atoms with Gasteiger partial charge in [-0.1, -0.05) is 31.2 Å². The summed E-state index contributed by atoms with van der Waals surface area (Å²) in [5, 5.41) is 10.4. The Labute approximate surface area is 97.9 Å². The molecular weight excluding hydrogens is 198 g/mol. The van der Waals surface area contributed by atoms with E-state index in [-0.39, 0.29) is 12.1 Å². The van der Waals surface area contributed by atoms with Gasteiger partial charge in [0, 0.05) is 6.04 Å². The molecule has 2 rings (SSSR count). The van der Waals surface area contributed by atoms with Crippen LogP contribution in [0.2, 0.25) is 0 Å². The van der Waals surface area contributed by atoms with Crippen molar-refractivity contribution in [2.75, 3.05) is 13.6 Å². The third kappa shape index (κ3) is 2.13. The highest BCUT2D eigenvalue weighted by Gasteiger charge is 2.29. The van der Waals surface area contributed by atoms with Crippen LogP contribution < -0.4 is 0 Å². The zero-order chi connectivity index (χ0) is 11.5. The van der Waals surface area contributed by atoms with Gasteiger partial charge in [-0.25, -0.2) is 0 Å². The lowest BCUT2D eigenvalue weighted by atomic mass is 9.85. The van der Waals surface area contributed by atoms with Crippen molar-refractivity contribution in [2.24, 2.45) is 0 Å². The van der Waals surface area contributed by atoms with Crippen LogP contribution in [-0.4, -0.2) is 29.6 Å².